The molecule has 1 saturated heterocycles. The Kier molecular flexibility index (Phi) is 3.70. The number of hydrogen-bond acceptors (Lipinski definition) is 2. The van der Waals surface area contributed by atoms with Gasteiger partial charge >= 0.3 is 0 Å². The third kappa shape index (κ3) is 2.38. The maximum Gasteiger partial charge on any atom is 0.231 e. The molecule has 0 radical (unpaired) electrons. The van der Waals surface area contributed by atoms with Gasteiger partial charge in [-0.1, -0.05) is 54.4 Å². The van der Waals surface area contributed by atoms with Crippen LogP contribution in [0.25, 0.3) is 0 Å². The standard InChI is InChI=1S/C14H25NO2/c1-7-13(3,4)9-10(14(5,6)8-2)12(17)15-11(9)16/h9-10H,7-8H2,1-6H3,(H,15,16,17). The fourth-order valence-electron chi connectivity index (χ4n) is 2.63. The predicted octanol–water partition coefficient (Wildman–Crippen LogP) is 2.75. The van der Waals surface area contributed by atoms with Gasteiger partial charge in [0, 0.05) is 0 Å². The Morgan fingerprint density at radius 2 is 1.18 bits per heavy atom. The molecular formula is C14H25NO2. The van der Waals surface area contributed by atoms with Crippen molar-refractivity contribution in [3.05, 3.63) is 0 Å². The van der Waals surface area contributed by atoms with Gasteiger partial charge in [-0.05, 0) is 10.8 Å². The van der Waals surface area contributed by atoms with Crippen molar-refractivity contribution in [1.82, 2.24) is 5.32 Å². The fraction of sp³-hybridized carbons (Fsp3) is 0.857. The molecule has 1 heterocycles. The van der Waals surface area contributed by atoms with Crippen LogP contribution in [0.2, 0.25) is 0 Å². The summed E-state index contributed by atoms with van der Waals surface area (Å²) in [6, 6.07) is 0. The van der Waals surface area contributed by atoms with Gasteiger partial charge in [-0.25, -0.2) is 0 Å². The van der Waals surface area contributed by atoms with Gasteiger partial charge in [0.25, 0.3) is 0 Å². The molecule has 0 spiro atoms. The SMILES string of the molecule is CCC(C)(C)C1C(=O)NC(=O)C1C(C)(C)CC. The first kappa shape index (κ1) is 14.2. The van der Waals surface area contributed by atoms with Gasteiger partial charge in [-0.15, -0.1) is 0 Å². The van der Waals surface area contributed by atoms with Crippen LogP contribution in [0, 0.1) is 22.7 Å². The second-order valence-electron chi connectivity index (χ2n) is 6.49. The highest BCUT2D eigenvalue weighted by atomic mass is 16.2. The van der Waals surface area contributed by atoms with Crippen molar-refractivity contribution in [3.8, 4) is 0 Å². The Balaban J connectivity index is 3.17. The number of carbonyl (C=O) groups is 2. The largest absolute Gasteiger partial charge is 0.296 e. The minimum atomic E-state index is -0.199. The first-order chi connectivity index (χ1) is 7.67. The van der Waals surface area contributed by atoms with Crippen LogP contribution in [0.1, 0.15) is 54.4 Å². The van der Waals surface area contributed by atoms with E-state index in [0.29, 0.717) is 0 Å². The number of imide groups is 1. The summed E-state index contributed by atoms with van der Waals surface area (Å²) in [5, 5.41) is 2.52. The zero-order valence-electron chi connectivity index (χ0n) is 11.9. The first-order valence-corrected chi connectivity index (χ1v) is 6.52. The summed E-state index contributed by atoms with van der Waals surface area (Å²) in [4.78, 5) is 24.1. The van der Waals surface area contributed by atoms with Crippen LogP contribution in [0.5, 0.6) is 0 Å². The van der Waals surface area contributed by atoms with Crippen LogP contribution in [-0.2, 0) is 9.59 Å². The zero-order valence-corrected chi connectivity index (χ0v) is 11.9. The smallest absolute Gasteiger partial charge is 0.231 e. The summed E-state index contributed by atoms with van der Waals surface area (Å²) >= 11 is 0. The molecule has 3 heteroatoms. The number of rotatable bonds is 4. The lowest BCUT2D eigenvalue weighted by Crippen LogP contribution is -2.40. The second-order valence-corrected chi connectivity index (χ2v) is 6.49. The summed E-state index contributed by atoms with van der Waals surface area (Å²) < 4.78 is 0. The van der Waals surface area contributed by atoms with Crippen LogP contribution in [0.4, 0.5) is 0 Å². The molecule has 98 valence electrons. The average Bonchev–Trinajstić information content (AvgIpc) is 2.54. The lowest BCUT2D eigenvalue weighted by atomic mass is 9.62. The maximum atomic E-state index is 12.0. The number of nitrogens with one attached hydrogen (secondary N) is 1. The summed E-state index contributed by atoms with van der Waals surface area (Å²) in [6.45, 7) is 12.5. The van der Waals surface area contributed by atoms with Crippen LogP contribution in [-0.4, -0.2) is 11.8 Å². The van der Waals surface area contributed by atoms with Crippen molar-refractivity contribution in [2.75, 3.05) is 0 Å². The van der Waals surface area contributed by atoms with Gasteiger partial charge in [-0.3, -0.25) is 14.9 Å². The van der Waals surface area contributed by atoms with Gasteiger partial charge in [0.15, 0.2) is 0 Å². The highest BCUT2D eigenvalue weighted by Gasteiger charge is 2.53. The number of hydrogen-bond donors (Lipinski definition) is 1. The van der Waals surface area contributed by atoms with Crippen molar-refractivity contribution in [2.24, 2.45) is 22.7 Å². The molecule has 1 aliphatic heterocycles. The molecule has 0 bridgehead atoms. The molecule has 3 nitrogen and oxygen atoms in total. The predicted molar refractivity (Wildman–Crippen MR) is 68.3 cm³/mol. The van der Waals surface area contributed by atoms with E-state index in [9.17, 15) is 9.59 Å². The van der Waals surface area contributed by atoms with Crippen molar-refractivity contribution >= 4 is 11.8 Å². The van der Waals surface area contributed by atoms with Crippen LogP contribution >= 0.6 is 0 Å². The Hall–Kier alpha value is -0.860. The molecule has 1 N–H and O–H groups in total. The van der Waals surface area contributed by atoms with E-state index < -0.39 is 0 Å². The Bertz CT molecular complexity index is 299. The Morgan fingerprint density at radius 1 is 0.882 bits per heavy atom. The van der Waals surface area contributed by atoms with E-state index in [1.807, 2.05) is 0 Å². The highest BCUT2D eigenvalue weighted by Crippen LogP contribution is 2.47. The third-order valence-electron chi connectivity index (χ3n) is 4.65. The normalized spacial score (nSPS) is 26.2. The molecular weight excluding hydrogens is 214 g/mol. The van der Waals surface area contributed by atoms with Gasteiger partial charge < -0.3 is 0 Å². The third-order valence-corrected chi connectivity index (χ3v) is 4.65. The van der Waals surface area contributed by atoms with E-state index in [0.717, 1.165) is 12.8 Å². The van der Waals surface area contributed by atoms with Crippen LogP contribution in [0.15, 0.2) is 0 Å². The summed E-state index contributed by atoms with van der Waals surface area (Å²) in [5.74, 6) is -0.577. The summed E-state index contributed by atoms with van der Waals surface area (Å²) in [7, 11) is 0. The lowest BCUT2D eigenvalue weighted by molar-refractivity contribution is -0.128. The fourth-order valence-corrected chi connectivity index (χ4v) is 2.63. The molecule has 0 aliphatic carbocycles. The summed E-state index contributed by atoms with van der Waals surface area (Å²) in [5.41, 5.74) is -0.263. The molecule has 2 amide bonds. The van der Waals surface area contributed by atoms with E-state index in [-0.39, 0.29) is 34.5 Å². The van der Waals surface area contributed by atoms with Gasteiger partial charge in [0.1, 0.15) is 0 Å². The topological polar surface area (TPSA) is 46.2 Å². The summed E-state index contributed by atoms with van der Waals surface area (Å²) in [6.07, 6.45) is 1.79. The molecule has 1 fully saturated rings. The molecule has 2 unspecified atom stereocenters. The van der Waals surface area contributed by atoms with Crippen molar-refractivity contribution < 1.29 is 9.59 Å². The maximum absolute atomic E-state index is 12.0. The van der Waals surface area contributed by atoms with Gasteiger partial charge in [0.2, 0.25) is 11.8 Å². The Labute approximate surface area is 104 Å². The van der Waals surface area contributed by atoms with Gasteiger partial charge in [-0.2, -0.15) is 0 Å². The van der Waals surface area contributed by atoms with E-state index in [1.54, 1.807) is 0 Å². The van der Waals surface area contributed by atoms with E-state index in [1.165, 1.54) is 0 Å². The lowest BCUT2D eigenvalue weighted by Gasteiger charge is -2.38. The minimum absolute atomic E-state index is 0.0895. The first-order valence-electron chi connectivity index (χ1n) is 6.52. The molecule has 0 aromatic heterocycles. The van der Waals surface area contributed by atoms with E-state index >= 15 is 0 Å². The molecule has 1 rings (SSSR count). The van der Waals surface area contributed by atoms with Crippen molar-refractivity contribution in [1.29, 1.82) is 0 Å². The van der Waals surface area contributed by atoms with Crippen LogP contribution in [0.3, 0.4) is 0 Å². The monoisotopic (exact) mass is 239 g/mol. The zero-order chi connectivity index (χ0) is 13.4. The van der Waals surface area contributed by atoms with Crippen LogP contribution < -0.4 is 5.32 Å². The molecule has 17 heavy (non-hydrogen) atoms. The molecule has 2 atom stereocenters. The minimum Gasteiger partial charge on any atom is -0.296 e. The molecule has 0 saturated carbocycles. The number of carbonyl (C=O) groups excluding carboxylic acids is 2. The van der Waals surface area contributed by atoms with Crippen molar-refractivity contribution in [2.45, 2.75) is 54.4 Å². The van der Waals surface area contributed by atoms with E-state index in [2.05, 4.69) is 46.9 Å². The Morgan fingerprint density at radius 3 is 1.41 bits per heavy atom. The van der Waals surface area contributed by atoms with Crippen molar-refractivity contribution in [3.63, 3.8) is 0 Å². The highest BCUT2D eigenvalue weighted by molar-refractivity contribution is 6.05. The molecule has 0 aromatic rings. The second kappa shape index (κ2) is 4.43. The molecule has 0 aromatic carbocycles. The van der Waals surface area contributed by atoms with E-state index in [4.69, 9.17) is 0 Å². The molecule has 1 aliphatic rings. The number of amides is 2. The quantitative estimate of drug-likeness (QED) is 0.767. The van der Waals surface area contributed by atoms with Gasteiger partial charge in [0.05, 0.1) is 11.8 Å². The average molecular weight is 239 g/mol.